The van der Waals surface area contributed by atoms with Crippen molar-refractivity contribution in [3.05, 3.63) is 55.9 Å². The summed E-state index contributed by atoms with van der Waals surface area (Å²) >= 11 is 4.92. The minimum atomic E-state index is -0.0834. The molecule has 0 radical (unpaired) electrons. The van der Waals surface area contributed by atoms with Crippen molar-refractivity contribution < 1.29 is 14.0 Å². The number of benzene rings is 1. The van der Waals surface area contributed by atoms with E-state index < -0.39 is 0 Å². The lowest BCUT2D eigenvalue weighted by Gasteiger charge is -1.99. The largest absolute Gasteiger partial charge is 0.452 e. The van der Waals surface area contributed by atoms with Crippen molar-refractivity contribution in [1.82, 2.24) is 5.32 Å². The van der Waals surface area contributed by atoms with E-state index in [-0.39, 0.29) is 11.7 Å². The lowest BCUT2D eigenvalue weighted by molar-refractivity contribution is -0.118. The Hall–Kier alpha value is -1.92. The molecule has 0 atom stereocenters. The summed E-state index contributed by atoms with van der Waals surface area (Å²) in [6, 6.07) is 9.54. The third-order valence-corrected chi connectivity index (χ3v) is 5.58. The van der Waals surface area contributed by atoms with Crippen molar-refractivity contribution in [3.63, 3.8) is 0 Å². The minimum absolute atomic E-state index is 0.0473. The van der Waals surface area contributed by atoms with Gasteiger partial charge in [0.05, 0.1) is 4.88 Å². The second-order valence-corrected chi connectivity index (χ2v) is 7.82. The highest BCUT2D eigenvalue weighted by molar-refractivity contribution is 9.10. The summed E-state index contributed by atoms with van der Waals surface area (Å²) in [7, 11) is 0. The normalized spacial score (nSPS) is 11.0. The van der Waals surface area contributed by atoms with Crippen molar-refractivity contribution in [2.45, 2.75) is 26.7 Å². The summed E-state index contributed by atoms with van der Waals surface area (Å²) in [5.41, 5.74) is 1.67. The fourth-order valence-electron chi connectivity index (χ4n) is 2.76. The molecule has 0 spiro atoms. The Morgan fingerprint density at radius 1 is 1.24 bits per heavy atom. The number of aryl methyl sites for hydroxylation is 1. The third kappa shape index (κ3) is 3.85. The van der Waals surface area contributed by atoms with Gasteiger partial charge in [-0.3, -0.25) is 9.59 Å². The van der Waals surface area contributed by atoms with Crippen LogP contribution in [-0.4, -0.2) is 18.2 Å². The number of hydrogen-bond donors (Lipinski definition) is 1. The van der Waals surface area contributed by atoms with Crippen LogP contribution in [0.4, 0.5) is 0 Å². The van der Waals surface area contributed by atoms with Gasteiger partial charge in [-0.05, 0) is 43.2 Å². The summed E-state index contributed by atoms with van der Waals surface area (Å²) in [5, 5.41) is 3.74. The molecule has 0 aliphatic rings. The molecule has 1 N–H and O–H groups in total. The molecule has 1 aromatic carbocycles. The van der Waals surface area contributed by atoms with E-state index in [0.29, 0.717) is 23.6 Å². The zero-order valence-corrected chi connectivity index (χ0v) is 16.4. The molecule has 2 aromatic heterocycles. The van der Waals surface area contributed by atoms with Gasteiger partial charge in [0.25, 0.3) is 0 Å². The van der Waals surface area contributed by atoms with Crippen LogP contribution >= 0.6 is 27.3 Å². The van der Waals surface area contributed by atoms with Crippen molar-refractivity contribution in [1.29, 1.82) is 0 Å². The monoisotopic (exact) mass is 419 g/mol. The number of ketones is 1. The molecule has 3 aromatic rings. The number of furan rings is 1. The topological polar surface area (TPSA) is 59.3 Å². The Bertz CT molecular complexity index is 941. The molecule has 1 amide bonds. The average Bonchev–Trinajstić information content (AvgIpc) is 3.17. The van der Waals surface area contributed by atoms with Crippen molar-refractivity contribution in [3.8, 4) is 0 Å². The van der Waals surface area contributed by atoms with Crippen LogP contribution in [0.5, 0.6) is 0 Å². The fourth-order valence-corrected chi connectivity index (χ4v) is 4.07. The van der Waals surface area contributed by atoms with Gasteiger partial charge < -0.3 is 9.73 Å². The molecule has 0 aliphatic heterocycles. The van der Waals surface area contributed by atoms with Gasteiger partial charge in [-0.15, -0.1) is 11.3 Å². The molecule has 4 nitrogen and oxygen atoms in total. The quantitative estimate of drug-likeness (QED) is 0.587. The van der Waals surface area contributed by atoms with Crippen LogP contribution in [0.3, 0.4) is 0 Å². The van der Waals surface area contributed by atoms with Gasteiger partial charge in [0, 0.05) is 33.8 Å². The number of amides is 1. The first kappa shape index (κ1) is 17.9. The lowest BCUT2D eigenvalue weighted by atomic mass is 10.1. The third-order valence-electron chi connectivity index (χ3n) is 3.94. The number of nitrogens with one attached hydrogen (secondary N) is 1. The number of hydrogen-bond acceptors (Lipinski definition) is 4. The Balaban J connectivity index is 1.87. The van der Waals surface area contributed by atoms with Gasteiger partial charge in [0.15, 0.2) is 5.76 Å². The Morgan fingerprint density at radius 2 is 2.04 bits per heavy atom. The maximum Gasteiger partial charge on any atom is 0.238 e. The molecule has 0 fully saturated rings. The molecule has 0 saturated heterocycles. The molecular weight excluding hydrogens is 402 g/mol. The fraction of sp³-hybridized carbons (Fsp3) is 0.263. The van der Waals surface area contributed by atoms with Crippen molar-refractivity contribution in [2.75, 3.05) is 6.54 Å². The van der Waals surface area contributed by atoms with E-state index in [1.54, 1.807) is 0 Å². The first-order valence-electron chi connectivity index (χ1n) is 8.08. The Kier molecular flexibility index (Phi) is 5.39. The smallest absolute Gasteiger partial charge is 0.238 e. The molecule has 3 rings (SSSR count). The van der Waals surface area contributed by atoms with Crippen LogP contribution in [-0.2, 0) is 17.6 Å². The first-order valence-corrected chi connectivity index (χ1v) is 9.69. The molecular formula is C19H18BrNO3S. The highest BCUT2D eigenvalue weighted by Crippen LogP contribution is 2.31. The Morgan fingerprint density at radius 3 is 2.76 bits per heavy atom. The molecule has 6 heteroatoms. The van der Waals surface area contributed by atoms with E-state index >= 15 is 0 Å². The maximum atomic E-state index is 12.9. The second-order valence-electron chi connectivity index (χ2n) is 5.73. The van der Waals surface area contributed by atoms with E-state index in [4.69, 9.17) is 4.42 Å². The number of rotatable bonds is 6. The van der Waals surface area contributed by atoms with E-state index in [1.807, 2.05) is 37.3 Å². The summed E-state index contributed by atoms with van der Waals surface area (Å²) in [5.74, 6) is 0.291. The highest BCUT2D eigenvalue weighted by atomic mass is 79.9. The van der Waals surface area contributed by atoms with Crippen LogP contribution in [0.2, 0.25) is 0 Å². The summed E-state index contributed by atoms with van der Waals surface area (Å²) in [4.78, 5) is 25.6. The van der Waals surface area contributed by atoms with Gasteiger partial charge in [0.2, 0.25) is 11.7 Å². The molecule has 0 saturated carbocycles. The SMILES string of the molecule is CCc1c(C(=O)c2ccc(CCNC(C)=O)s2)oc2ccc(Br)cc12. The molecule has 25 heavy (non-hydrogen) atoms. The van der Waals surface area contributed by atoms with Crippen LogP contribution in [0.25, 0.3) is 11.0 Å². The van der Waals surface area contributed by atoms with Crippen LogP contribution in [0, 0.1) is 0 Å². The summed E-state index contributed by atoms with van der Waals surface area (Å²) in [6.07, 6.45) is 1.44. The zero-order chi connectivity index (χ0) is 18.0. The number of fused-ring (bicyclic) bond motifs is 1. The van der Waals surface area contributed by atoms with Crippen LogP contribution in [0.1, 0.15) is 39.7 Å². The van der Waals surface area contributed by atoms with Gasteiger partial charge >= 0.3 is 0 Å². The van der Waals surface area contributed by atoms with Gasteiger partial charge in [0.1, 0.15) is 5.58 Å². The number of thiophene rings is 1. The number of carbonyl (C=O) groups is 2. The standard InChI is InChI=1S/C19H18BrNO3S/c1-3-14-15-10-12(20)4-6-16(15)24-19(14)18(23)17-7-5-13(25-17)8-9-21-11(2)22/h4-7,10H,3,8-9H2,1-2H3,(H,21,22). The van der Waals surface area contributed by atoms with Crippen molar-refractivity contribution in [2.24, 2.45) is 0 Å². The minimum Gasteiger partial charge on any atom is -0.452 e. The van der Waals surface area contributed by atoms with Gasteiger partial charge in [-0.2, -0.15) is 0 Å². The van der Waals surface area contributed by atoms with Crippen LogP contribution in [0.15, 0.2) is 39.2 Å². The molecule has 2 heterocycles. The van der Waals surface area contributed by atoms with Gasteiger partial charge in [-0.1, -0.05) is 22.9 Å². The number of carbonyl (C=O) groups excluding carboxylic acids is 2. The molecule has 0 aliphatic carbocycles. The van der Waals surface area contributed by atoms with Gasteiger partial charge in [-0.25, -0.2) is 0 Å². The highest BCUT2D eigenvalue weighted by Gasteiger charge is 2.22. The summed E-state index contributed by atoms with van der Waals surface area (Å²) < 4.78 is 6.83. The van der Waals surface area contributed by atoms with Crippen LogP contribution < -0.4 is 5.32 Å². The lowest BCUT2D eigenvalue weighted by Crippen LogP contribution is -2.22. The second kappa shape index (κ2) is 7.54. The molecule has 130 valence electrons. The maximum absolute atomic E-state index is 12.9. The molecule has 0 bridgehead atoms. The molecule has 0 unspecified atom stereocenters. The van der Waals surface area contributed by atoms with E-state index in [1.165, 1.54) is 18.3 Å². The average molecular weight is 420 g/mol. The summed E-state index contributed by atoms with van der Waals surface area (Å²) in [6.45, 7) is 4.09. The van der Waals surface area contributed by atoms with E-state index in [2.05, 4.69) is 21.2 Å². The first-order chi connectivity index (χ1) is 12.0. The van der Waals surface area contributed by atoms with E-state index in [0.717, 1.165) is 32.3 Å². The Labute approximate surface area is 158 Å². The number of halogens is 1. The predicted octanol–water partition coefficient (Wildman–Crippen LogP) is 4.73. The zero-order valence-electron chi connectivity index (χ0n) is 14.0. The van der Waals surface area contributed by atoms with E-state index in [9.17, 15) is 9.59 Å². The van der Waals surface area contributed by atoms with Crippen molar-refractivity contribution >= 4 is 49.9 Å². The predicted molar refractivity (Wildman–Crippen MR) is 103 cm³/mol.